The molecule has 3 heterocycles. The highest BCUT2D eigenvalue weighted by Crippen LogP contribution is 2.34. The van der Waals surface area contributed by atoms with Crippen molar-refractivity contribution in [1.29, 1.82) is 0 Å². The van der Waals surface area contributed by atoms with E-state index in [4.69, 9.17) is 21.1 Å². The van der Waals surface area contributed by atoms with Crippen LogP contribution in [0.25, 0.3) is 0 Å². The van der Waals surface area contributed by atoms with Crippen LogP contribution >= 0.6 is 22.9 Å². The Labute approximate surface area is 226 Å². The molecule has 2 amide bonds. The van der Waals surface area contributed by atoms with Crippen molar-refractivity contribution in [3.05, 3.63) is 87.1 Å². The van der Waals surface area contributed by atoms with Crippen LogP contribution in [-0.2, 0) is 27.2 Å². The molecule has 3 aromatic rings. The van der Waals surface area contributed by atoms with Crippen LogP contribution in [0.1, 0.15) is 34.9 Å². The maximum Gasteiger partial charge on any atom is 0.242 e. The maximum absolute atomic E-state index is 13.8. The lowest BCUT2D eigenvalue weighted by molar-refractivity contribution is -0.143. The van der Waals surface area contributed by atoms with Crippen LogP contribution in [0.3, 0.4) is 0 Å². The molecule has 1 saturated heterocycles. The normalized spacial score (nSPS) is 18.9. The standard InChI is InChI=1S/C29H31ClN2O4S/c30-22-8-10-23(11-9-22)36-20-26-25-13-16-37-27(25)12-14-32(26)29(34)19-31(18-24-7-4-15-35-24)28(33)17-21-5-2-1-3-6-21/h1-3,5-6,8-11,13,16,24,26H,4,7,12,14-15,17-20H2/t24-,26+/m1/s1. The van der Waals surface area contributed by atoms with Gasteiger partial charge in [-0.25, -0.2) is 0 Å². The van der Waals surface area contributed by atoms with Gasteiger partial charge in [-0.1, -0.05) is 41.9 Å². The smallest absolute Gasteiger partial charge is 0.242 e. The predicted octanol–water partition coefficient (Wildman–Crippen LogP) is 5.16. The summed E-state index contributed by atoms with van der Waals surface area (Å²) >= 11 is 7.73. The van der Waals surface area contributed by atoms with Gasteiger partial charge in [0.05, 0.1) is 25.1 Å². The van der Waals surface area contributed by atoms with Crippen molar-refractivity contribution in [2.24, 2.45) is 0 Å². The van der Waals surface area contributed by atoms with Crippen molar-refractivity contribution in [2.75, 3.05) is 32.8 Å². The van der Waals surface area contributed by atoms with Crippen LogP contribution in [0.2, 0.25) is 5.02 Å². The SMILES string of the molecule is O=C(Cc1ccccc1)N(CC(=O)N1CCc2sccc2[C@@H]1COc1ccc(Cl)cc1)C[C@H]1CCCO1. The second-order valence-electron chi connectivity index (χ2n) is 9.49. The minimum Gasteiger partial charge on any atom is -0.491 e. The number of thiophene rings is 1. The summed E-state index contributed by atoms with van der Waals surface area (Å²) in [4.78, 5) is 32.0. The number of halogens is 1. The molecule has 37 heavy (non-hydrogen) atoms. The van der Waals surface area contributed by atoms with E-state index < -0.39 is 0 Å². The van der Waals surface area contributed by atoms with Gasteiger partial charge in [-0.2, -0.15) is 0 Å². The molecular weight excluding hydrogens is 508 g/mol. The molecule has 0 radical (unpaired) electrons. The van der Waals surface area contributed by atoms with Gasteiger partial charge < -0.3 is 19.3 Å². The van der Waals surface area contributed by atoms with Gasteiger partial charge in [0.1, 0.15) is 12.4 Å². The average Bonchev–Trinajstić information content (AvgIpc) is 3.60. The first-order valence-corrected chi connectivity index (χ1v) is 14.0. The molecule has 0 N–H and O–H groups in total. The van der Waals surface area contributed by atoms with Crippen LogP contribution in [-0.4, -0.2) is 60.6 Å². The quantitative estimate of drug-likeness (QED) is 0.378. The second-order valence-corrected chi connectivity index (χ2v) is 10.9. The molecule has 0 aliphatic carbocycles. The molecule has 8 heteroatoms. The number of fused-ring (bicyclic) bond motifs is 1. The van der Waals surface area contributed by atoms with E-state index in [0.717, 1.165) is 30.4 Å². The number of amides is 2. The fourth-order valence-corrected chi connectivity index (χ4v) is 6.06. The van der Waals surface area contributed by atoms with Crippen molar-refractivity contribution in [3.8, 4) is 5.75 Å². The topological polar surface area (TPSA) is 59.1 Å². The summed E-state index contributed by atoms with van der Waals surface area (Å²) in [7, 11) is 0. The van der Waals surface area contributed by atoms with E-state index in [9.17, 15) is 9.59 Å². The van der Waals surface area contributed by atoms with Gasteiger partial charge in [-0.3, -0.25) is 9.59 Å². The third-order valence-corrected chi connectivity index (χ3v) is 8.21. The van der Waals surface area contributed by atoms with Gasteiger partial charge in [0, 0.05) is 29.6 Å². The Bertz CT molecular complexity index is 1190. The fourth-order valence-electron chi connectivity index (χ4n) is 5.01. The van der Waals surface area contributed by atoms with E-state index in [1.165, 1.54) is 4.88 Å². The van der Waals surface area contributed by atoms with Gasteiger partial charge in [0.2, 0.25) is 11.8 Å². The summed E-state index contributed by atoms with van der Waals surface area (Å²) in [5.74, 6) is 0.579. The van der Waals surface area contributed by atoms with Gasteiger partial charge in [-0.05, 0) is 66.1 Å². The number of ether oxygens (including phenoxy) is 2. The molecule has 0 bridgehead atoms. The molecular formula is C29H31ClN2O4S. The minimum atomic E-state index is -0.216. The van der Waals surface area contributed by atoms with Crippen molar-refractivity contribution in [3.63, 3.8) is 0 Å². The van der Waals surface area contributed by atoms with Crippen molar-refractivity contribution >= 4 is 34.8 Å². The molecule has 2 aromatic carbocycles. The number of carbonyl (C=O) groups is 2. The predicted molar refractivity (Wildman–Crippen MR) is 145 cm³/mol. The molecule has 1 fully saturated rings. The maximum atomic E-state index is 13.8. The Hall–Kier alpha value is -2.87. The molecule has 0 spiro atoms. The Morgan fingerprint density at radius 2 is 1.92 bits per heavy atom. The number of carbonyl (C=O) groups excluding carboxylic acids is 2. The lowest BCUT2D eigenvalue weighted by Gasteiger charge is -2.37. The monoisotopic (exact) mass is 538 g/mol. The van der Waals surface area contributed by atoms with E-state index in [0.29, 0.717) is 37.1 Å². The average molecular weight is 539 g/mol. The molecule has 194 valence electrons. The molecule has 2 atom stereocenters. The highest BCUT2D eigenvalue weighted by molar-refractivity contribution is 7.10. The van der Waals surface area contributed by atoms with Crippen LogP contribution < -0.4 is 4.74 Å². The number of nitrogens with zero attached hydrogens (tertiary/aromatic N) is 2. The van der Waals surface area contributed by atoms with E-state index in [-0.39, 0.29) is 36.9 Å². The Balaban J connectivity index is 1.31. The molecule has 0 unspecified atom stereocenters. The minimum absolute atomic E-state index is 0.0265. The zero-order chi connectivity index (χ0) is 25.6. The lowest BCUT2D eigenvalue weighted by Crippen LogP contribution is -2.49. The van der Waals surface area contributed by atoms with Gasteiger partial charge in [0.15, 0.2) is 0 Å². The molecule has 2 aliphatic heterocycles. The summed E-state index contributed by atoms with van der Waals surface area (Å²) < 4.78 is 11.9. The first kappa shape index (κ1) is 25.8. The number of hydrogen-bond acceptors (Lipinski definition) is 5. The summed E-state index contributed by atoms with van der Waals surface area (Å²) in [6.45, 7) is 2.10. The Morgan fingerprint density at radius 3 is 2.68 bits per heavy atom. The summed E-state index contributed by atoms with van der Waals surface area (Å²) in [5, 5.41) is 2.72. The van der Waals surface area contributed by atoms with E-state index in [1.807, 2.05) is 47.4 Å². The second kappa shape index (κ2) is 12.1. The fraction of sp³-hybridized carbons (Fsp3) is 0.379. The van der Waals surface area contributed by atoms with Crippen LogP contribution in [0.4, 0.5) is 0 Å². The van der Waals surface area contributed by atoms with Gasteiger partial charge in [0.25, 0.3) is 0 Å². The Morgan fingerprint density at radius 1 is 1.11 bits per heavy atom. The first-order chi connectivity index (χ1) is 18.1. The van der Waals surface area contributed by atoms with Crippen molar-refractivity contribution in [1.82, 2.24) is 9.80 Å². The highest BCUT2D eigenvalue weighted by atomic mass is 35.5. The van der Waals surface area contributed by atoms with Crippen LogP contribution in [0.15, 0.2) is 66.0 Å². The number of rotatable bonds is 9. The number of benzene rings is 2. The zero-order valence-corrected chi connectivity index (χ0v) is 22.3. The molecule has 1 aromatic heterocycles. The molecule has 5 rings (SSSR count). The zero-order valence-electron chi connectivity index (χ0n) is 20.7. The van der Waals surface area contributed by atoms with Gasteiger partial charge in [-0.15, -0.1) is 11.3 Å². The third-order valence-electron chi connectivity index (χ3n) is 6.96. The van der Waals surface area contributed by atoms with Crippen LogP contribution in [0.5, 0.6) is 5.75 Å². The van der Waals surface area contributed by atoms with Gasteiger partial charge >= 0.3 is 0 Å². The number of hydrogen-bond donors (Lipinski definition) is 0. The van der Waals surface area contributed by atoms with Crippen molar-refractivity contribution in [2.45, 2.75) is 37.8 Å². The molecule has 2 aliphatic rings. The largest absolute Gasteiger partial charge is 0.491 e. The van der Waals surface area contributed by atoms with E-state index >= 15 is 0 Å². The molecule has 6 nitrogen and oxygen atoms in total. The molecule has 0 saturated carbocycles. The third kappa shape index (κ3) is 6.53. The van der Waals surface area contributed by atoms with Crippen LogP contribution in [0, 0.1) is 0 Å². The van der Waals surface area contributed by atoms with Crippen molar-refractivity contribution < 1.29 is 19.1 Å². The summed E-state index contributed by atoms with van der Waals surface area (Å²) in [6.07, 6.45) is 2.93. The Kier molecular flexibility index (Phi) is 8.44. The van der Waals surface area contributed by atoms with E-state index in [2.05, 4.69) is 11.4 Å². The highest BCUT2D eigenvalue weighted by Gasteiger charge is 2.34. The summed E-state index contributed by atoms with van der Waals surface area (Å²) in [5.41, 5.74) is 2.06. The first-order valence-electron chi connectivity index (χ1n) is 12.7. The summed E-state index contributed by atoms with van der Waals surface area (Å²) in [6, 6.07) is 18.8. The lowest BCUT2D eigenvalue weighted by atomic mass is 10.00. The van der Waals surface area contributed by atoms with E-state index in [1.54, 1.807) is 28.4 Å².